The SMILES string of the molecule is CN(C)[C@H]1CCN(c2ccc(C3(N)N=C(N)N(c4nccc5ccccc45)N3)cc2)C1. The molecule has 0 bridgehead atoms. The van der Waals surface area contributed by atoms with E-state index in [2.05, 4.69) is 51.4 Å². The number of aromatic nitrogens is 1. The average molecular weight is 417 g/mol. The molecule has 1 fully saturated rings. The number of fused-ring (bicyclic) bond motifs is 1. The number of nitrogens with two attached hydrogens (primary N) is 2. The van der Waals surface area contributed by atoms with Crippen LogP contribution in [0.15, 0.2) is 65.8 Å². The van der Waals surface area contributed by atoms with Gasteiger partial charge in [-0.2, -0.15) is 5.43 Å². The topological polar surface area (TPSA) is 99.0 Å². The summed E-state index contributed by atoms with van der Waals surface area (Å²) in [6.07, 6.45) is 2.93. The highest BCUT2D eigenvalue weighted by molar-refractivity contribution is 6.03. The number of nitrogens with zero attached hydrogens (tertiary/aromatic N) is 5. The van der Waals surface area contributed by atoms with Crippen molar-refractivity contribution in [1.82, 2.24) is 15.3 Å². The molecule has 160 valence electrons. The smallest absolute Gasteiger partial charge is 0.215 e. The van der Waals surface area contributed by atoms with Crippen molar-refractivity contribution in [2.24, 2.45) is 16.5 Å². The van der Waals surface area contributed by atoms with Crippen LogP contribution < -0.4 is 26.8 Å². The van der Waals surface area contributed by atoms with E-state index in [1.165, 1.54) is 12.1 Å². The first kappa shape index (κ1) is 19.7. The second-order valence-corrected chi connectivity index (χ2v) is 8.44. The minimum atomic E-state index is -1.15. The predicted octanol–water partition coefficient (Wildman–Crippen LogP) is 1.78. The minimum absolute atomic E-state index is 0.281. The van der Waals surface area contributed by atoms with Crippen LogP contribution in [-0.4, -0.2) is 49.1 Å². The summed E-state index contributed by atoms with van der Waals surface area (Å²) in [5.74, 6) is -0.197. The molecule has 8 heteroatoms. The molecule has 8 nitrogen and oxygen atoms in total. The Balaban J connectivity index is 1.39. The van der Waals surface area contributed by atoms with Gasteiger partial charge in [0.25, 0.3) is 0 Å². The lowest BCUT2D eigenvalue weighted by Crippen LogP contribution is -2.53. The van der Waals surface area contributed by atoms with Gasteiger partial charge in [0.15, 0.2) is 5.82 Å². The summed E-state index contributed by atoms with van der Waals surface area (Å²) in [6.45, 7) is 2.09. The van der Waals surface area contributed by atoms with Crippen molar-refractivity contribution in [1.29, 1.82) is 0 Å². The molecule has 0 amide bonds. The zero-order chi connectivity index (χ0) is 21.6. The fraction of sp³-hybridized carbons (Fsp3) is 0.304. The maximum Gasteiger partial charge on any atom is 0.215 e. The molecule has 0 spiro atoms. The Morgan fingerprint density at radius 3 is 2.61 bits per heavy atom. The molecule has 5 N–H and O–H groups in total. The third kappa shape index (κ3) is 3.48. The Bertz CT molecular complexity index is 1120. The number of guanidine groups is 1. The lowest BCUT2D eigenvalue weighted by molar-refractivity contribution is 0.315. The molecule has 2 atom stereocenters. The number of likely N-dealkylation sites (N-methyl/N-ethyl adjacent to an activating group) is 1. The highest BCUT2D eigenvalue weighted by Crippen LogP contribution is 2.30. The van der Waals surface area contributed by atoms with E-state index in [4.69, 9.17) is 11.5 Å². The van der Waals surface area contributed by atoms with Crippen molar-refractivity contribution in [2.75, 3.05) is 37.1 Å². The summed E-state index contributed by atoms with van der Waals surface area (Å²) in [6, 6.07) is 18.8. The number of nitrogens with one attached hydrogen (secondary N) is 1. The van der Waals surface area contributed by atoms with Gasteiger partial charge in [0, 0.05) is 42.0 Å². The van der Waals surface area contributed by atoms with Crippen LogP contribution in [0.1, 0.15) is 12.0 Å². The minimum Gasteiger partial charge on any atom is -0.370 e. The molecule has 0 radical (unpaired) electrons. The molecule has 2 aliphatic heterocycles. The lowest BCUT2D eigenvalue weighted by atomic mass is 10.1. The fourth-order valence-corrected chi connectivity index (χ4v) is 4.38. The standard InChI is InChI=1S/C23H28N8/c1-29(2)19-12-14-30(15-19)18-9-7-17(8-10-18)23(25)27-22(24)31(28-23)21-20-6-4-3-5-16(20)11-13-26-21/h3-11,13,19,28H,12,14-15,25H2,1-2H3,(H2,24,27)/t19-,23?/m0/s1. The Morgan fingerprint density at radius 2 is 1.87 bits per heavy atom. The largest absolute Gasteiger partial charge is 0.370 e. The van der Waals surface area contributed by atoms with Crippen LogP contribution in [0, 0.1) is 0 Å². The van der Waals surface area contributed by atoms with Gasteiger partial charge in [-0.05, 0) is 44.1 Å². The van der Waals surface area contributed by atoms with Crippen LogP contribution in [0.25, 0.3) is 10.8 Å². The number of hydrogen-bond donors (Lipinski definition) is 3. The van der Waals surface area contributed by atoms with E-state index < -0.39 is 5.79 Å². The zero-order valence-electron chi connectivity index (χ0n) is 17.9. The van der Waals surface area contributed by atoms with Gasteiger partial charge < -0.3 is 15.5 Å². The predicted molar refractivity (Wildman–Crippen MR) is 126 cm³/mol. The molecule has 3 heterocycles. The molecule has 2 aliphatic rings. The Hall–Kier alpha value is -3.20. The van der Waals surface area contributed by atoms with Crippen LogP contribution in [0.5, 0.6) is 0 Å². The number of rotatable bonds is 4. The highest BCUT2D eigenvalue weighted by Gasteiger charge is 2.38. The lowest BCUT2D eigenvalue weighted by Gasteiger charge is -2.27. The monoisotopic (exact) mass is 416 g/mol. The van der Waals surface area contributed by atoms with Crippen molar-refractivity contribution in [3.05, 3.63) is 66.4 Å². The molecule has 1 unspecified atom stereocenters. The number of pyridine rings is 1. The second kappa shape index (κ2) is 7.49. The Morgan fingerprint density at radius 1 is 1.10 bits per heavy atom. The summed E-state index contributed by atoms with van der Waals surface area (Å²) in [5.41, 5.74) is 18.2. The van der Waals surface area contributed by atoms with E-state index in [0.717, 1.165) is 29.4 Å². The summed E-state index contributed by atoms with van der Waals surface area (Å²) in [7, 11) is 4.28. The number of hydrazine groups is 1. The summed E-state index contributed by atoms with van der Waals surface area (Å²) in [4.78, 5) is 13.8. The van der Waals surface area contributed by atoms with Crippen LogP contribution in [-0.2, 0) is 5.79 Å². The van der Waals surface area contributed by atoms with E-state index in [-0.39, 0.29) is 5.96 Å². The van der Waals surface area contributed by atoms with Gasteiger partial charge in [0.05, 0.1) is 0 Å². The van der Waals surface area contributed by atoms with E-state index in [9.17, 15) is 0 Å². The first-order valence-corrected chi connectivity index (χ1v) is 10.5. The number of aliphatic imine (C=N–C) groups is 1. The van der Waals surface area contributed by atoms with Gasteiger partial charge in [0.1, 0.15) is 0 Å². The van der Waals surface area contributed by atoms with Crippen molar-refractivity contribution in [3.8, 4) is 0 Å². The molecule has 31 heavy (non-hydrogen) atoms. The molecule has 1 aromatic heterocycles. The van der Waals surface area contributed by atoms with Crippen molar-refractivity contribution < 1.29 is 0 Å². The summed E-state index contributed by atoms with van der Waals surface area (Å²) < 4.78 is 0. The molecular formula is C23H28N8. The van der Waals surface area contributed by atoms with Gasteiger partial charge in [-0.3, -0.25) is 5.73 Å². The quantitative estimate of drug-likeness (QED) is 0.596. The highest BCUT2D eigenvalue weighted by atomic mass is 15.7. The second-order valence-electron chi connectivity index (χ2n) is 8.44. The van der Waals surface area contributed by atoms with E-state index >= 15 is 0 Å². The maximum atomic E-state index is 6.64. The van der Waals surface area contributed by atoms with Crippen LogP contribution in [0.2, 0.25) is 0 Å². The molecule has 5 rings (SSSR count). The fourth-order valence-electron chi connectivity index (χ4n) is 4.38. The molecular weight excluding hydrogens is 388 g/mol. The molecule has 2 aromatic carbocycles. The van der Waals surface area contributed by atoms with E-state index in [1.54, 1.807) is 11.2 Å². The van der Waals surface area contributed by atoms with Crippen LogP contribution in [0.3, 0.4) is 0 Å². The molecule has 1 saturated heterocycles. The van der Waals surface area contributed by atoms with E-state index in [0.29, 0.717) is 11.9 Å². The van der Waals surface area contributed by atoms with Gasteiger partial charge in [-0.15, -0.1) is 0 Å². The van der Waals surface area contributed by atoms with Gasteiger partial charge in [0.2, 0.25) is 11.7 Å². The number of hydrogen-bond acceptors (Lipinski definition) is 8. The molecule has 0 saturated carbocycles. The van der Waals surface area contributed by atoms with Gasteiger partial charge in [-0.25, -0.2) is 15.0 Å². The summed E-state index contributed by atoms with van der Waals surface area (Å²) in [5, 5.41) is 3.71. The summed E-state index contributed by atoms with van der Waals surface area (Å²) >= 11 is 0. The first-order chi connectivity index (χ1) is 14.9. The average Bonchev–Trinajstić information content (AvgIpc) is 3.39. The number of anilines is 2. The number of benzene rings is 2. The maximum absolute atomic E-state index is 6.64. The van der Waals surface area contributed by atoms with Crippen molar-refractivity contribution in [3.63, 3.8) is 0 Å². The van der Waals surface area contributed by atoms with Gasteiger partial charge in [-0.1, -0.05) is 36.4 Å². The third-order valence-electron chi connectivity index (χ3n) is 6.23. The third-order valence-corrected chi connectivity index (χ3v) is 6.23. The first-order valence-electron chi connectivity index (χ1n) is 10.5. The van der Waals surface area contributed by atoms with Crippen LogP contribution >= 0.6 is 0 Å². The Labute approximate surface area is 182 Å². The van der Waals surface area contributed by atoms with Crippen molar-refractivity contribution >= 4 is 28.2 Å². The molecule has 3 aromatic rings. The zero-order valence-corrected chi connectivity index (χ0v) is 17.9. The van der Waals surface area contributed by atoms with Crippen molar-refractivity contribution in [2.45, 2.75) is 18.2 Å². The molecule has 0 aliphatic carbocycles. The normalized spacial score (nSPS) is 23.7. The van der Waals surface area contributed by atoms with E-state index in [1.807, 2.05) is 42.5 Å². The Kier molecular flexibility index (Phi) is 4.77. The van der Waals surface area contributed by atoms with Gasteiger partial charge >= 0.3 is 0 Å². The van der Waals surface area contributed by atoms with Crippen LogP contribution in [0.4, 0.5) is 11.5 Å².